The quantitative estimate of drug-likeness (QED) is 0.0721. The molecule has 4 aliphatic rings. The Hall–Kier alpha value is -6.52. The van der Waals surface area contributed by atoms with E-state index in [9.17, 15) is 0 Å². The number of allylic oxidation sites excluding steroid dienone is 20. The van der Waals surface area contributed by atoms with Crippen LogP contribution in [0.5, 0.6) is 0 Å². The molecule has 0 aromatic heterocycles. The summed E-state index contributed by atoms with van der Waals surface area (Å²) in [6.45, 7) is 11.4. The van der Waals surface area contributed by atoms with E-state index >= 15 is 0 Å². The minimum Gasteiger partial charge on any atom is -0.362 e. The van der Waals surface area contributed by atoms with E-state index < -0.39 is 5.54 Å². The van der Waals surface area contributed by atoms with Crippen molar-refractivity contribution < 1.29 is 0 Å². The van der Waals surface area contributed by atoms with Crippen molar-refractivity contribution in [2.75, 3.05) is 5.32 Å². The molecule has 0 amide bonds. The monoisotopic (exact) mass is 767 g/mol. The molecule has 0 fully saturated rings. The van der Waals surface area contributed by atoms with Crippen LogP contribution in [0, 0.1) is 0 Å². The van der Waals surface area contributed by atoms with E-state index in [0.717, 1.165) is 60.1 Å². The molecular weight excluding hydrogens is 715 g/mol. The summed E-state index contributed by atoms with van der Waals surface area (Å²) in [7, 11) is 0. The second-order valence-electron chi connectivity index (χ2n) is 15.7. The summed E-state index contributed by atoms with van der Waals surface area (Å²) in [5, 5.41) is 3.49. The Kier molecular flexibility index (Phi) is 11.7. The molecule has 0 saturated carbocycles. The molecule has 0 radical (unpaired) electrons. The normalized spacial score (nSPS) is 19.1. The van der Waals surface area contributed by atoms with E-state index in [1.807, 2.05) is 24.4 Å². The molecule has 292 valence electrons. The van der Waals surface area contributed by atoms with Gasteiger partial charge in [-0.05, 0) is 118 Å². The average Bonchev–Trinajstić information content (AvgIpc) is 3.89. The summed E-state index contributed by atoms with van der Waals surface area (Å²) in [5.41, 5.74) is 19.0. The van der Waals surface area contributed by atoms with E-state index in [-0.39, 0.29) is 5.41 Å². The zero-order valence-corrected chi connectivity index (χ0v) is 34.0. The van der Waals surface area contributed by atoms with Crippen molar-refractivity contribution in [2.24, 2.45) is 5.84 Å². The number of benzene rings is 4. The maximum atomic E-state index is 6.55. The molecule has 59 heavy (non-hydrogen) atoms. The molecule has 8 rings (SSSR count). The van der Waals surface area contributed by atoms with Crippen molar-refractivity contribution in [3.63, 3.8) is 0 Å². The lowest BCUT2D eigenvalue weighted by Gasteiger charge is -2.39. The van der Waals surface area contributed by atoms with Gasteiger partial charge < -0.3 is 5.32 Å². The first-order valence-electron chi connectivity index (χ1n) is 20.8. The van der Waals surface area contributed by atoms with Crippen LogP contribution in [0.25, 0.3) is 11.1 Å². The topological polar surface area (TPSA) is 50.1 Å². The Bertz CT molecular complexity index is 2530. The number of rotatable bonds is 13. The molecule has 4 aromatic carbocycles. The summed E-state index contributed by atoms with van der Waals surface area (Å²) in [6, 6.07) is 38.4. The van der Waals surface area contributed by atoms with Crippen LogP contribution in [0.1, 0.15) is 66.8 Å². The van der Waals surface area contributed by atoms with Gasteiger partial charge >= 0.3 is 0 Å². The summed E-state index contributed by atoms with van der Waals surface area (Å²) >= 11 is 0. The number of hydrogen-bond donors (Lipinski definition) is 3. The molecule has 0 bridgehead atoms. The van der Waals surface area contributed by atoms with Gasteiger partial charge in [-0.1, -0.05) is 194 Å². The van der Waals surface area contributed by atoms with Gasteiger partial charge in [0.2, 0.25) is 0 Å². The third kappa shape index (κ3) is 7.52. The second-order valence-corrected chi connectivity index (χ2v) is 15.7. The summed E-state index contributed by atoms with van der Waals surface area (Å²) < 4.78 is 0. The van der Waals surface area contributed by atoms with Gasteiger partial charge in [0.05, 0.1) is 5.41 Å². The molecule has 0 aliphatic heterocycles. The number of fused-ring (bicyclic) bond motifs is 1. The lowest BCUT2D eigenvalue weighted by molar-refractivity contribution is 0.474. The van der Waals surface area contributed by atoms with E-state index in [1.54, 1.807) is 0 Å². The van der Waals surface area contributed by atoms with E-state index in [0.29, 0.717) is 0 Å². The van der Waals surface area contributed by atoms with Crippen molar-refractivity contribution in [3.8, 4) is 0 Å². The molecule has 0 heterocycles. The minimum absolute atomic E-state index is 0.311. The third-order valence-corrected chi connectivity index (χ3v) is 12.4. The predicted octanol–water partition coefficient (Wildman–Crippen LogP) is 13.2. The van der Waals surface area contributed by atoms with Crippen LogP contribution in [0.2, 0.25) is 0 Å². The van der Waals surface area contributed by atoms with Crippen LogP contribution in [0.3, 0.4) is 0 Å². The van der Waals surface area contributed by atoms with Gasteiger partial charge in [-0.3, -0.25) is 5.84 Å². The number of anilines is 1. The Balaban J connectivity index is 0.988. The highest BCUT2D eigenvalue weighted by Gasteiger charge is 2.49. The first-order chi connectivity index (χ1) is 29.0. The maximum absolute atomic E-state index is 6.55. The largest absolute Gasteiger partial charge is 0.362 e. The molecule has 4 aliphatic carbocycles. The molecule has 1 atom stereocenters. The highest BCUT2D eigenvalue weighted by Crippen LogP contribution is 2.59. The van der Waals surface area contributed by atoms with Gasteiger partial charge in [0.25, 0.3) is 0 Å². The van der Waals surface area contributed by atoms with Crippen molar-refractivity contribution in [1.29, 1.82) is 0 Å². The van der Waals surface area contributed by atoms with Crippen LogP contribution < -0.4 is 16.6 Å². The molecule has 0 spiro atoms. The Labute approximate surface area is 350 Å². The van der Waals surface area contributed by atoms with Gasteiger partial charge in [-0.15, -0.1) is 0 Å². The smallest absolute Gasteiger partial charge is 0.104 e. The van der Waals surface area contributed by atoms with E-state index in [1.165, 1.54) is 50.1 Å². The summed E-state index contributed by atoms with van der Waals surface area (Å²) in [4.78, 5) is 0. The molecule has 4 aromatic rings. The highest BCUT2D eigenvalue weighted by molar-refractivity contribution is 5.94. The van der Waals surface area contributed by atoms with Crippen LogP contribution in [0.15, 0.2) is 241 Å². The summed E-state index contributed by atoms with van der Waals surface area (Å²) in [5.74, 6) is 6.55. The predicted molar refractivity (Wildman–Crippen MR) is 251 cm³/mol. The van der Waals surface area contributed by atoms with Gasteiger partial charge in [-0.2, -0.15) is 0 Å². The average molecular weight is 768 g/mol. The Morgan fingerprint density at radius 3 is 2.14 bits per heavy atom. The Morgan fingerprint density at radius 2 is 1.44 bits per heavy atom. The van der Waals surface area contributed by atoms with Crippen LogP contribution in [-0.2, 0) is 11.0 Å². The van der Waals surface area contributed by atoms with E-state index in [2.05, 4.69) is 194 Å². The number of hydrazine groups is 1. The molecule has 1 unspecified atom stereocenters. The fourth-order valence-electron chi connectivity index (χ4n) is 9.31. The lowest BCUT2D eigenvalue weighted by Crippen LogP contribution is -2.49. The minimum atomic E-state index is -0.712. The third-order valence-electron chi connectivity index (χ3n) is 12.4. The van der Waals surface area contributed by atoms with Gasteiger partial charge in [0.15, 0.2) is 0 Å². The second kappa shape index (κ2) is 17.5. The zero-order chi connectivity index (χ0) is 40.7. The van der Waals surface area contributed by atoms with Crippen molar-refractivity contribution in [3.05, 3.63) is 269 Å². The van der Waals surface area contributed by atoms with Crippen molar-refractivity contribution in [2.45, 2.75) is 50.0 Å². The molecule has 0 saturated heterocycles. The lowest BCUT2D eigenvalue weighted by atomic mass is 9.63. The van der Waals surface area contributed by atoms with Crippen LogP contribution in [-0.4, -0.2) is 0 Å². The fraction of sp³-hybridized carbons (Fsp3) is 0.143. The van der Waals surface area contributed by atoms with Crippen molar-refractivity contribution in [1.82, 2.24) is 5.43 Å². The molecule has 4 N–H and O–H groups in total. The number of hydrogen-bond acceptors (Lipinski definition) is 3. The standard InChI is InChI=1S/C56H53N3/c1-41(42(2)34-37-52-43(3)55(46-24-10-5-11-25-46,47-26-12-6-13-27-47)54-33-17-16-32-53(52)54)21-18-19-38-58-51-31-20-30-49(40-51)56(59-57,48-28-14-7-15-29-48)50-36-35-45(39-50)44-22-8-4-9-23-44/h4-10,12,14-24,26,28-38,40,58-59H,1,3,11,13,25,27,39,57H2,2H3/b21-18-,38-19-,42-34+,52-37+. The zero-order valence-electron chi connectivity index (χ0n) is 34.0. The number of nitrogens with one attached hydrogen (secondary N) is 2. The summed E-state index contributed by atoms with van der Waals surface area (Å²) in [6.07, 6.45) is 35.6. The molecular formula is C56H53N3. The molecule has 3 heteroatoms. The van der Waals surface area contributed by atoms with Crippen molar-refractivity contribution >= 4 is 16.8 Å². The van der Waals surface area contributed by atoms with E-state index in [4.69, 9.17) is 12.4 Å². The fourth-order valence-corrected chi connectivity index (χ4v) is 9.31. The highest BCUT2D eigenvalue weighted by atomic mass is 15.3. The first kappa shape index (κ1) is 39.3. The van der Waals surface area contributed by atoms with Crippen LogP contribution >= 0.6 is 0 Å². The SMILES string of the molecule is C=C(/C=C\C=C/Nc1cccc(C(NN)(C2=CC=C(c3ccccc3)C2)c2ccccc2)c1)/C(C)=C/C=C1\C(=C)C(C2=CC=CCC2)(C2=CC=CCC2)c2ccccc21. The van der Waals surface area contributed by atoms with Gasteiger partial charge in [-0.25, -0.2) is 5.43 Å². The van der Waals surface area contributed by atoms with Crippen LogP contribution in [0.4, 0.5) is 5.69 Å². The van der Waals surface area contributed by atoms with Gasteiger partial charge in [0.1, 0.15) is 5.54 Å². The number of nitrogens with two attached hydrogens (primary N) is 1. The first-order valence-corrected chi connectivity index (χ1v) is 20.8. The molecule has 3 nitrogen and oxygen atoms in total. The van der Waals surface area contributed by atoms with Gasteiger partial charge in [0, 0.05) is 11.9 Å². The Morgan fingerprint density at radius 1 is 0.763 bits per heavy atom. The maximum Gasteiger partial charge on any atom is 0.104 e.